The fourth-order valence-corrected chi connectivity index (χ4v) is 4.75. The molecule has 1 N–H and O–H groups in total. The Kier molecular flexibility index (Phi) is 5.48. The number of carbonyl (C=O) groups is 2. The monoisotopic (exact) mass is 405 g/mol. The third kappa shape index (κ3) is 3.71. The predicted octanol–water partition coefficient (Wildman–Crippen LogP) is 2.59. The summed E-state index contributed by atoms with van der Waals surface area (Å²) in [6.07, 6.45) is 3.38. The smallest absolute Gasteiger partial charge is 0.324 e. The van der Waals surface area contributed by atoms with Gasteiger partial charge in [0.05, 0.1) is 11.2 Å². The van der Waals surface area contributed by atoms with Crippen LogP contribution in [0.2, 0.25) is 0 Å². The van der Waals surface area contributed by atoms with Crippen molar-refractivity contribution in [2.45, 2.75) is 43.9 Å². The molecule has 0 radical (unpaired) electrons. The minimum absolute atomic E-state index is 0.221. The number of hydrogen-bond acceptors (Lipinski definition) is 5. The summed E-state index contributed by atoms with van der Waals surface area (Å²) in [4.78, 5) is 27.5. The maximum Gasteiger partial charge on any atom is 0.324 e. The first-order valence-electron chi connectivity index (χ1n) is 10.2. The van der Waals surface area contributed by atoms with Gasteiger partial charge in [0.15, 0.2) is 6.29 Å². The quantitative estimate of drug-likeness (QED) is 0.737. The van der Waals surface area contributed by atoms with Crippen LogP contribution in [0.25, 0.3) is 0 Å². The number of benzene rings is 1. The highest BCUT2D eigenvalue weighted by Crippen LogP contribution is 2.52. The number of halogens is 1. The number of hydrogen-bond donors (Lipinski definition) is 1. The Balaban J connectivity index is 1.47. The van der Waals surface area contributed by atoms with Crippen molar-refractivity contribution < 1.29 is 23.5 Å². The molecule has 29 heavy (non-hydrogen) atoms. The highest BCUT2D eigenvalue weighted by atomic mass is 19.1. The zero-order valence-corrected chi connectivity index (χ0v) is 16.9. The van der Waals surface area contributed by atoms with Crippen LogP contribution in [0, 0.1) is 11.7 Å². The van der Waals surface area contributed by atoms with Crippen molar-refractivity contribution in [1.29, 1.82) is 0 Å². The van der Waals surface area contributed by atoms with Gasteiger partial charge in [0, 0.05) is 46.2 Å². The molecule has 8 heteroatoms. The van der Waals surface area contributed by atoms with Crippen LogP contribution in [0.3, 0.4) is 0 Å². The van der Waals surface area contributed by atoms with Gasteiger partial charge in [-0.15, -0.1) is 0 Å². The highest BCUT2D eigenvalue weighted by Gasteiger charge is 2.53. The van der Waals surface area contributed by atoms with Crippen LogP contribution >= 0.6 is 0 Å². The summed E-state index contributed by atoms with van der Waals surface area (Å²) in [6, 6.07) is 4.93. The lowest BCUT2D eigenvalue weighted by Crippen LogP contribution is -2.53. The van der Waals surface area contributed by atoms with Crippen molar-refractivity contribution in [3.63, 3.8) is 0 Å². The number of amides is 3. The summed E-state index contributed by atoms with van der Waals surface area (Å²) in [5.74, 6) is -0.217. The lowest BCUT2D eigenvalue weighted by molar-refractivity contribution is -0.141. The van der Waals surface area contributed by atoms with E-state index >= 15 is 4.39 Å². The molecule has 3 amide bonds. The zero-order valence-electron chi connectivity index (χ0n) is 16.9. The molecule has 0 spiro atoms. The van der Waals surface area contributed by atoms with E-state index in [1.54, 1.807) is 25.2 Å². The Hall–Kier alpha value is -2.19. The van der Waals surface area contributed by atoms with E-state index in [2.05, 4.69) is 10.2 Å². The largest absolute Gasteiger partial charge is 0.369 e. The van der Waals surface area contributed by atoms with Gasteiger partial charge in [0.1, 0.15) is 5.82 Å². The summed E-state index contributed by atoms with van der Waals surface area (Å²) >= 11 is 0. The predicted molar refractivity (Wildman–Crippen MR) is 105 cm³/mol. The average Bonchev–Trinajstić information content (AvgIpc) is 3.51. The minimum Gasteiger partial charge on any atom is -0.369 e. The molecule has 2 saturated heterocycles. The first-order valence-corrected chi connectivity index (χ1v) is 10.2. The summed E-state index contributed by atoms with van der Waals surface area (Å²) in [7, 11) is 3.29. The molecule has 3 aliphatic rings. The standard InChI is InChI=1S/C21H28FN3O4/c1-28-19(29-2)14-5-10-24(11-6-14)17-4-3-15(13-16(17)22)21(8-9-21)25-12-7-18(26)23-20(25)27/h3-4,13-14,19H,5-12H2,1-2H3,(H,23,26,27). The van der Waals surface area contributed by atoms with E-state index in [1.807, 2.05) is 12.1 Å². The molecular formula is C21H28FN3O4. The van der Waals surface area contributed by atoms with Crippen LogP contribution in [0.5, 0.6) is 0 Å². The van der Waals surface area contributed by atoms with Gasteiger partial charge in [-0.1, -0.05) is 6.07 Å². The maximum absolute atomic E-state index is 15.0. The average molecular weight is 405 g/mol. The number of rotatable bonds is 6. The molecule has 2 aliphatic heterocycles. The third-order valence-electron chi connectivity index (χ3n) is 6.51. The second kappa shape index (κ2) is 7.91. The minimum atomic E-state index is -0.485. The number of ether oxygens (including phenoxy) is 2. The third-order valence-corrected chi connectivity index (χ3v) is 6.51. The fourth-order valence-electron chi connectivity index (χ4n) is 4.75. The van der Waals surface area contributed by atoms with Crippen molar-refractivity contribution in [2.24, 2.45) is 5.92 Å². The molecule has 0 bridgehead atoms. The van der Waals surface area contributed by atoms with E-state index < -0.39 is 5.54 Å². The van der Waals surface area contributed by atoms with Crippen LogP contribution in [0.4, 0.5) is 14.9 Å². The number of nitrogens with zero attached hydrogens (tertiary/aromatic N) is 2. The van der Waals surface area contributed by atoms with Gasteiger partial charge in [-0.2, -0.15) is 0 Å². The van der Waals surface area contributed by atoms with Crippen LogP contribution in [-0.2, 0) is 19.8 Å². The Labute approximate surface area is 170 Å². The molecule has 0 aromatic heterocycles. The molecule has 4 rings (SSSR count). The number of anilines is 1. The SMILES string of the molecule is COC(OC)C1CCN(c2ccc(C3(N4CCC(=O)NC4=O)CC3)cc2F)CC1. The molecular weight excluding hydrogens is 377 g/mol. The number of piperidine rings is 1. The number of nitrogens with one attached hydrogen (secondary N) is 1. The topological polar surface area (TPSA) is 71.1 Å². The first-order chi connectivity index (χ1) is 14.0. The van der Waals surface area contributed by atoms with Crippen LogP contribution in [0.1, 0.15) is 37.7 Å². The van der Waals surface area contributed by atoms with E-state index in [9.17, 15) is 9.59 Å². The van der Waals surface area contributed by atoms with Gasteiger partial charge in [-0.25, -0.2) is 9.18 Å². The lowest BCUT2D eigenvalue weighted by Gasteiger charge is -2.37. The molecule has 158 valence electrons. The Morgan fingerprint density at radius 2 is 1.83 bits per heavy atom. The first kappa shape index (κ1) is 20.1. The van der Waals surface area contributed by atoms with Crippen LogP contribution in [-0.4, -0.2) is 57.0 Å². The van der Waals surface area contributed by atoms with Crippen molar-refractivity contribution >= 4 is 17.6 Å². The summed E-state index contributed by atoms with van der Waals surface area (Å²) < 4.78 is 25.8. The molecule has 1 aromatic rings. The Morgan fingerprint density at radius 3 is 2.38 bits per heavy atom. The number of imide groups is 1. The van der Waals surface area contributed by atoms with Crippen molar-refractivity contribution in [1.82, 2.24) is 10.2 Å². The Morgan fingerprint density at radius 1 is 1.14 bits per heavy atom. The van der Waals surface area contributed by atoms with Crippen molar-refractivity contribution in [3.8, 4) is 0 Å². The number of methoxy groups -OCH3 is 2. The second-order valence-corrected chi connectivity index (χ2v) is 8.12. The van der Waals surface area contributed by atoms with Gasteiger partial charge < -0.3 is 19.3 Å². The summed E-state index contributed by atoms with van der Waals surface area (Å²) in [5.41, 5.74) is 0.908. The highest BCUT2D eigenvalue weighted by molar-refractivity contribution is 5.97. The zero-order chi connectivity index (χ0) is 20.6. The van der Waals surface area contributed by atoms with Gasteiger partial charge in [0.2, 0.25) is 5.91 Å². The Bertz CT molecular complexity index is 786. The van der Waals surface area contributed by atoms with Gasteiger partial charge in [0.25, 0.3) is 0 Å². The molecule has 2 heterocycles. The molecule has 7 nitrogen and oxygen atoms in total. The van der Waals surface area contributed by atoms with Crippen LogP contribution < -0.4 is 10.2 Å². The lowest BCUT2D eigenvalue weighted by atomic mass is 9.95. The molecule has 0 unspecified atom stereocenters. The molecule has 0 atom stereocenters. The second-order valence-electron chi connectivity index (χ2n) is 8.12. The number of urea groups is 1. The summed E-state index contributed by atoms with van der Waals surface area (Å²) in [6.45, 7) is 1.86. The van der Waals surface area contributed by atoms with Crippen molar-refractivity contribution in [2.75, 3.05) is 38.8 Å². The fraction of sp³-hybridized carbons (Fsp3) is 0.619. The van der Waals surface area contributed by atoms with E-state index in [0.717, 1.165) is 44.3 Å². The summed E-state index contributed by atoms with van der Waals surface area (Å²) in [5, 5.41) is 2.37. The van der Waals surface area contributed by atoms with E-state index in [4.69, 9.17) is 9.47 Å². The van der Waals surface area contributed by atoms with Gasteiger partial charge in [-0.05, 0) is 43.4 Å². The van der Waals surface area contributed by atoms with E-state index in [1.165, 1.54) is 0 Å². The number of carbonyl (C=O) groups excluding carboxylic acids is 2. The molecule has 3 fully saturated rings. The van der Waals surface area contributed by atoms with Crippen molar-refractivity contribution in [3.05, 3.63) is 29.6 Å². The maximum atomic E-state index is 15.0. The van der Waals surface area contributed by atoms with Gasteiger partial charge >= 0.3 is 6.03 Å². The van der Waals surface area contributed by atoms with Gasteiger partial charge in [-0.3, -0.25) is 10.1 Å². The van der Waals surface area contributed by atoms with Crippen LogP contribution in [0.15, 0.2) is 18.2 Å². The van der Waals surface area contributed by atoms with E-state index in [0.29, 0.717) is 18.2 Å². The molecule has 1 saturated carbocycles. The van der Waals surface area contributed by atoms with E-state index in [-0.39, 0.29) is 30.5 Å². The molecule has 1 aromatic carbocycles. The molecule has 1 aliphatic carbocycles. The normalized spacial score (nSPS) is 22.2.